The molecule has 11 heteroatoms. The molecule has 0 N–H and O–H groups in total. The Morgan fingerprint density at radius 3 is 2.41 bits per heavy atom. The van der Waals surface area contributed by atoms with Gasteiger partial charge in [0.25, 0.3) is 5.91 Å². The number of amides is 1. The smallest absolute Gasteiger partial charge is 0.406 e. The summed E-state index contributed by atoms with van der Waals surface area (Å²) in [6.45, 7) is 1.94. The second kappa shape index (κ2) is 8.43. The molecule has 6 nitrogen and oxygen atoms in total. The van der Waals surface area contributed by atoms with Gasteiger partial charge in [0.1, 0.15) is 5.75 Å². The summed E-state index contributed by atoms with van der Waals surface area (Å²) in [5.41, 5.74) is 2.31. The molecule has 2 aliphatic rings. The topological polar surface area (TPSA) is 76.0 Å². The van der Waals surface area contributed by atoms with Crippen LogP contribution in [0.2, 0.25) is 0 Å². The van der Waals surface area contributed by atoms with Crippen molar-refractivity contribution in [2.45, 2.75) is 31.0 Å². The monoisotopic (exact) mass is 484 g/mol. The number of rotatable bonds is 4. The van der Waals surface area contributed by atoms with Gasteiger partial charge in [0.05, 0.1) is 24.0 Å². The molecule has 2 heterocycles. The minimum absolute atomic E-state index is 0.0424. The maximum atomic E-state index is 12.6. The predicted octanol–water partition coefficient (Wildman–Crippen LogP) is 3.74. The highest BCUT2D eigenvalue weighted by molar-refractivity contribution is 8.16. The van der Waals surface area contributed by atoms with Crippen molar-refractivity contribution in [3.05, 3.63) is 59.7 Å². The van der Waals surface area contributed by atoms with E-state index in [0.717, 1.165) is 23.3 Å². The van der Waals surface area contributed by atoms with Crippen LogP contribution in [0.25, 0.3) is 0 Å². The summed E-state index contributed by atoms with van der Waals surface area (Å²) >= 11 is 1.21. The van der Waals surface area contributed by atoms with Gasteiger partial charge < -0.3 is 9.64 Å². The Labute approximate surface area is 187 Å². The number of benzene rings is 2. The van der Waals surface area contributed by atoms with Crippen molar-refractivity contribution in [3.8, 4) is 5.75 Å². The van der Waals surface area contributed by atoms with Crippen LogP contribution in [0.15, 0.2) is 53.5 Å². The van der Waals surface area contributed by atoms with Crippen LogP contribution in [0.5, 0.6) is 5.75 Å². The second-order valence-corrected chi connectivity index (χ2v) is 11.0. The molecule has 0 unspecified atom stereocenters. The number of carbonyl (C=O) groups excluding carboxylic acids is 1. The number of thioether (sulfide) groups is 1. The maximum Gasteiger partial charge on any atom is 0.573 e. The molecule has 0 saturated carbocycles. The Bertz CT molecular complexity index is 1150. The molecular formula is C21H19F3N2O4S2. The third-order valence-corrected chi connectivity index (χ3v) is 8.32. The Hall–Kier alpha value is -2.53. The largest absolute Gasteiger partial charge is 0.573 e. The van der Waals surface area contributed by atoms with E-state index in [-0.39, 0.29) is 29.1 Å². The normalized spacial score (nSPS) is 23.4. The quantitative estimate of drug-likeness (QED) is 0.658. The lowest BCUT2D eigenvalue weighted by molar-refractivity contribution is -0.274. The van der Waals surface area contributed by atoms with E-state index >= 15 is 0 Å². The van der Waals surface area contributed by atoms with E-state index in [1.807, 2.05) is 31.2 Å². The van der Waals surface area contributed by atoms with Gasteiger partial charge in [-0.3, -0.25) is 4.79 Å². The summed E-state index contributed by atoms with van der Waals surface area (Å²) in [7, 11) is -3.26. The molecule has 0 spiro atoms. The van der Waals surface area contributed by atoms with E-state index in [0.29, 0.717) is 10.9 Å². The van der Waals surface area contributed by atoms with Crippen molar-refractivity contribution in [3.63, 3.8) is 0 Å². The zero-order valence-electron chi connectivity index (χ0n) is 16.9. The number of alkyl halides is 3. The molecule has 1 amide bonds. The zero-order valence-corrected chi connectivity index (χ0v) is 18.5. The van der Waals surface area contributed by atoms with Gasteiger partial charge in [0, 0.05) is 10.9 Å². The molecule has 0 aliphatic carbocycles. The zero-order chi connectivity index (χ0) is 23.1. The Balaban J connectivity index is 1.60. The molecular weight excluding hydrogens is 465 g/mol. The first-order chi connectivity index (χ1) is 15.0. The number of ether oxygens (including phenoxy) is 1. The number of halogens is 3. The van der Waals surface area contributed by atoms with E-state index in [1.54, 1.807) is 4.90 Å². The number of fused-ring (bicyclic) bond motifs is 1. The molecule has 0 bridgehead atoms. The minimum Gasteiger partial charge on any atom is -0.406 e. The van der Waals surface area contributed by atoms with Gasteiger partial charge in [-0.05, 0) is 36.8 Å². The summed E-state index contributed by atoms with van der Waals surface area (Å²) in [4.78, 5) is 18.5. The van der Waals surface area contributed by atoms with E-state index in [1.165, 1.54) is 23.9 Å². The standard InChI is InChI=1S/C21H19F3N2O4S2/c1-13-2-4-14(5-3-13)10-19(27)25-20-26(17-11-32(28,29)12-18(17)31-20)15-6-8-16(9-7-15)30-21(22,23)24/h2-9,17-18H,10-12H2,1H3/t17-,18-/m1/s1. The van der Waals surface area contributed by atoms with E-state index < -0.39 is 28.0 Å². The second-order valence-electron chi connectivity index (χ2n) is 7.66. The number of hydrogen-bond donors (Lipinski definition) is 0. The minimum atomic E-state index is -4.81. The number of hydrogen-bond acceptors (Lipinski definition) is 5. The lowest BCUT2D eigenvalue weighted by atomic mass is 10.1. The average molecular weight is 485 g/mol. The molecule has 0 radical (unpaired) electrons. The van der Waals surface area contributed by atoms with Crippen LogP contribution in [0, 0.1) is 6.92 Å². The first-order valence-electron chi connectivity index (χ1n) is 9.68. The lowest BCUT2D eigenvalue weighted by Crippen LogP contribution is -2.37. The van der Waals surface area contributed by atoms with Crippen molar-refractivity contribution in [2.24, 2.45) is 4.99 Å². The lowest BCUT2D eigenvalue weighted by Gasteiger charge is -2.24. The molecule has 2 fully saturated rings. The summed E-state index contributed by atoms with van der Waals surface area (Å²) in [5, 5.41) is 0.0357. The van der Waals surface area contributed by atoms with Gasteiger partial charge in [0.15, 0.2) is 15.0 Å². The van der Waals surface area contributed by atoms with Crippen LogP contribution in [0.4, 0.5) is 18.9 Å². The van der Waals surface area contributed by atoms with Crippen molar-refractivity contribution >= 4 is 38.4 Å². The molecule has 4 rings (SSSR count). The summed E-state index contributed by atoms with van der Waals surface area (Å²) in [6, 6.07) is 12.1. The molecule has 2 aliphatic heterocycles. The van der Waals surface area contributed by atoms with Gasteiger partial charge >= 0.3 is 6.36 Å². The van der Waals surface area contributed by atoms with Gasteiger partial charge in [-0.25, -0.2) is 8.42 Å². The third-order valence-electron chi connectivity index (χ3n) is 5.11. The molecule has 2 aromatic carbocycles. The van der Waals surface area contributed by atoms with E-state index in [4.69, 9.17) is 0 Å². The number of amidine groups is 1. The first-order valence-corrected chi connectivity index (χ1v) is 12.4. The summed E-state index contributed by atoms with van der Waals surface area (Å²) in [5.74, 6) is -0.936. The highest BCUT2D eigenvalue weighted by atomic mass is 32.2. The number of anilines is 1. The Morgan fingerprint density at radius 2 is 1.78 bits per heavy atom. The van der Waals surface area contributed by atoms with Crippen molar-refractivity contribution < 1.29 is 31.1 Å². The fraction of sp³-hybridized carbons (Fsp3) is 0.333. The summed E-state index contributed by atoms with van der Waals surface area (Å²) < 4.78 is 65.5. The van der Waals surface area contributed by atoms with E-state index in [2.05, 4.69) is 9.73 Å². The average Bonchev–Trinajstić information content (AvgIpc) is 3.14. The number of sulfone groups is 1. The molecule has 2 atom stereocenters. The van der Waals surface area contributed by atoms with Crippen LogP contribution >= 0.6 is 11.8 Å². The summed E-state index contributed by atoms with van der Waals surface area (Å²) in [6.07, 6.45) is -4.73. The highest BCUT2D eigenvalue weighted by Gasteiger charge is 2.49. The van der Waals surface area contributed by atoms with Crippen molar-refractivity contribution in [1.82, 2.24) is 0 Å². The number of carbonyl (C=O) groups is 1. The van der Waals surface area contributed by atoms with Gasteiger partial charge in [0.2, 0.25) is 0 Å². The number of aliphatic imine (C=N–C) groups is 1. The fourth-order valence-corrected chi connectivity index (χ4v) is 7.63. The fourth-order valence-electron chi connectivity index (χ4n) is 3.70. The van der Waals surface area contributed by atoms with Gasteiger partial charge in [-0.1, -0.05) is 41.6 Å². The van der Waals surface area contributed by atoms with Crippen LogP contribution in [-0.2, 0) is 21.1 Å². The molecule has 2 aromatic rings. The van der Waals surface area contributed by atoms with Gasteiger partial charge in [-0.2, -0.15) is 4.99 Å². The SMILES string of the molecule is Cc1ccc(CC(=O)N=C2S[C@@H]3CS(=O)(=O)C[C@H]3N2c2ccc(OC(F)(F)F)cc2)cc1. The highest BCUT2D eigenvalue weighted by Crippen LogP contribution is 2.41. The molecule has 2 saturated heterocycles. The molecule has 32 heavy (non-hydrogen) atoms. The van der Waals surface area contributed by atoms with Crippen LogP contribution in [0.3, 0.4) is 0 Å². The van der Waals surface area contributed by atoms with E-state index in [9.17, 15) is 26.4 Å². The maximum absolute atomic E-state index is 12.6. The van der Waals surface area contributed by atoms with Crippen LogP contribution in [0.1, 0.15) is 11.1 Å². The third kappa shape index (κ3) is 5.26. The van der Waals surface area contributed by atoms with Crippen molar-refractivity contribution in [1.29, 1.82) is 0 Å². The van der Waals surface area contributed by atoms with Crippen molar-refractivity contribution in [2.75, 3.05) is 16.4 Å². The first kappa shape index (κ1) is 22.7. The Morgan fingerprint density at radius 1 is 1.12 bits per heavy atom. The van der Waals surface area contributed by atoms with Crippen LogP contribution < -0.4 is 9.64 Å². The number of aryl methyl sites for hydroxylation is 1. The predicted molar refractivity (Wildman–Crippen MR) is 117 cm³/mol. The van der Waals surface area contributed by atoms with Gasteiger partial charge in [-0.15, -0.1) is 13.2 Å². The van der Waals surface area contributed by atoms with Crippen LogP contribution in [-0.4, -0.2) is 48.7 Å². The molecule has 0 aromatic heterocycles. The molecule has 170 valence electrons. The Kier molecular flexibility index (Phi) is 5.97. The number of nitrogens with zero attached hydrogens (tertiary/aromatic N) is 2.